The third-order valence-electron chi connectivity index (χ3n) is 6.73. The normalized spacial score (nSPS) is 17.7. The van der Waals surface area contributed by atoms with E-state index in [4.69, 9.17) is 4.74 Å². The summed E-state index contributed by atoms with van der Waals surface area (Å²) >= 11 is 0. The second-order valence-corrected chi connectivity index (χ2v) is 13.1. The fraction of sp³-hybridized carbons (Fsp3) is 0.464. The molecule has 1 amide bonds. The van der Waals surface area contributed by atoms with E-state index >= 15 is 0 Å². The van der Waals surface area contributed by atoms with Gasteiger partial charge >= 0.3 is 12.5 Å². The number of para-hydroxylation sites is 1. The highest BCUT2D eigenvalue weighted by Gasteiger charge is 2.31. The molecular weight excluding hydrogens is 589 g/mol. The molecule has 0 bridgehead atoms. The molecule has 234 valence electrons. The number of ether oxygens (including phenoxy) is 2. The van der Waals surface area contributed by atoms with Gasteiger partial charge in [-0.05, 0) is 94.7 Å². The lowest BCUT2D eigenvalue weighted by atomic mass is 9.82. The molecule has 1 aromatic heterocycles. The first-order chi connectivity index (χ1) is 20.2. The summed E-state index contributed by atoms with van der Waals surface area (Å²) in [6, 6.07) is 11.5. The van der Waals surface area contributed by atoms with Crippen LogP contribution in [0.3, 0.4) is 0 Å². The Kier molecular flexibility index (Phi) is 9.85. The number of benzene rings is 2. The number of hydrogen-bond donors (Lipinski definition) is 4. The van der Waals surface area contributed by atoms with E-state index in [1.807, 2.05) is 24.3 Å². The number of alkyl halides is 3. The molecule has 43 heavy (non-hydrogen) atoms. The van der Waals surface area contributed by atoms with Gasteiger partial charge in [-0.2, -0.15) is 4.98 Å². The van der Waals surface area contributed by atoms with E-state index in [1.165, 1.54) is 0 Å². The zero-order valence-corrected chi connectivity index (χ0v) is 24.8. The van der Waals surface area contributed by atoms with E-state index in [0.717, 1.165) is 55.3 Å². The van der Waals surface area contributed by atoms with Gasteiger partial charge < -0.3 is 14.8 Å². The molecule has 0 spiro atoms. The van der Waals surface area contributed by atoms with E-state index in [9.17, 15) is 26.4 Å². The summed E-state index contributed by atoms with van der Waals surface area (Å²) in [4.78, 5) is 21.1. The van der Waals surface area contributed by atoms with Crippen molar-refractivity contribution < 1.29 is 35.9 Å². The fourth-order valence-electron chi connectivity index (χ4n) is 4.67. The molecule has 11 nitrogen and oxygen atoms in total. The van der Waals surface area contributed by atoms with Crippen LogP contribution in [-0.4, -0.2) is 49.5 Å². The number of halogens is 3. The van der Waals surface area contributed by atoms with Crippen molar-refractivity contribution >= 4 is 38.8 Å². The van der Waals surface area contributed by atoms with Crippen molar-refractivity contribution in [3.05, 3.63) is 48.5 Å². The Labute approximate surface area is 248 Å². The molecule has 1 aliphatic carbocycles. The number of nitrogens with one attached hydrogen (secondary N) is 4. The van der Waals surface area contributed by atoms with Crippen molar-refractivity contribution in [2.24, 2.45) is 11.8 Å². The Balaban J connectivity index is 1.26. The Morgan fingerprint density at radius 1 is 0.930 bits per heavy atom. The Bertz CT molecular complexity index is 1510. The summed E-state index contributed by atoms with van der Waals surface area (Å²) in [6.45, 7) is 6.15. The third-order valence-corrected chi connectivity index (χ3v) is 8.17. The smallest absolute Gasteiger partial charge is 0.443 e. The minimum absolute atomic E-state index is 0.130. The van der Waals surface area contributed by atoms with E-state index in [0.29, 0.717) is 29.7 Å². The molecule has 4 N–H and O–H groups in total. The van der Waals surface area contributed by atoms with Gasteiger partial charge in [0.05, 0.1) is 10.4 Å². The van der Waals surface area contributed by atoms with Gasteiger partial charge in [-0.25, -0.2) is 28.3 Å². The third kappa shape index (κ3) is 9.85. The first-order valence-corrected chi connectivity index (χ1v) is 15.3. The van der Waals surface area contributed by atoms with Crippen molar-refractivity contribution in [1.82, 2.24) is 20.1 Å². The van der Waals surface area contributed by atoms with Crippen LogP contribution >= 0.6 is 0 Å². The molecule has 2 aromatic carbocycles. The molecule has 0 radical (unpaired) electrons. The molecule has 0 aliphatic heterocycles. The summed E-state index contributed by atoms with van der Waals surface area (Å²) in [5, 5.41) is 4.01. The number of fused-ring (bicyclic) bond motifs is 1. The number of rotatable bonds is 10. The second kappa shape index (κ2) is 13.2. The van der Waals surface area contributed by atoms with Gasteiger partial charge in [0.15, 0.2) is 5.82 Å². The first kappa shape index (κ1) is 32.1. The van der Waals surface area contributed by atoms with Crippen LogP contribution < -0.4 is 25.6 Å². The summed E-state index contributed by atoms with van der Waals surface area (Å²) in [5.41, 5.74) is 5.36. The minimum Gasteiger partial charge on any atom is -0.443 e. The Morgan fingerprint density at radius 3 is 2.19 bits per heavy atom. The van der Waals surface area contributed by atoms with E-state index in [2.05, 4.69) is 35.6 Å². The van der Waals surface area contributed by atoms with Gasteiger partial charge in [-0.3, -0.25) is 5.43 Å². The highest BCUT2D eigenvalue weighted by atomic mass is 32.2. The number of nitrogens with zero attached hydrogens (tertiary/aromatic N) is 2. The molecule has 1 saturated carbocycles. The number of hydrazine groups is 1. The Morgan fingerprint density at radius 2 is 1.56 bits per heavy atom. The SMILES string of the molecule is CC(C)(C)OC(=O)NNc1nc(NCC2CCC(CNS(=O)(=O)c3ccc(OC(F)(F)F)cc3)CC2)nc2ccccc12. The fourth-order valence-corrected chi connectivity index (χ4v) is 5.79. The average molecular weight is 625 g/mol. The van der Waals surface area contributed by atoms with Crippen molar-refractivity contribution in [1.29, 1.82) is 0 Å². The number of carbonyl (C=O) groups excluding carboxylic acids is 1. The lowest BCUT2D eigenvalue weighted by molar-refractivity contribution is -0.274. The maximum absolute atomic E-state index is 12.6. The van der Waals surface area contributed by atoms with Gasteiger partial charge in [-0.15, -0.1) is 13.2 Å². The van der Waals surface area contributed by atoms with Crippen molar-refractivity contribution in [3.8, 4) is 5.75 Å². The molecule has 1 heterocycles. The van der Waals surface area contributed by atoms with Gasteiger partial charge in [0.2, 0.25) is 16.0 Å². The van der Waals surface area contributed by atoms with Crippen LogP contribution in [-0.2, 0) is 14.8 Å². The number of hydrogen-bond acceptors (Lipinski definition) is 9. The zero-order valence-electron chi connectivity index (χ0n) is 24.0. The lowest BCUT2D eigenvalue weighted by Crippen LogP contribution is -2.36. The highest BCUT2D eigenvalue weighted by molar-refractivity contribution is 7.89. The molecule has 15 heteroatoms. The van der Waals surface area contributed by atoms with Crippen LogP contribution in [0.25, 0.3) is 10.9 Å². The first-order valence-electron chi connectivity index (χ1n) is 13.8. The number of aromatic nitrogens is 2. The van der Waals surface area contributed by atoms with Crippen LogP contribution in [0.1, 0.15) is 46.5 Å². The molecule has 1 aliphatic rings. The van der Waals surface area contributed by atoms with E-state index in [-0.39, 0.29) is 17.4 Å². The van der Waals surface area contributed by atoms with Crippen molar-refractivity contribution in [2.45, 2.75) is 63.3 Å². The maximum Gasteiger partial charge on any atom is 0.573 e. The summed E-state index contributed by atoms with van der Waals surface area (Å²) in [7, 11) is -3.88. The molecule has 4 rings (SSSR count). The number of amides is 1. The summed E-state index contributed by atoms with van der Waals surface area (Å²) in [6.07, 6.45) is -2.16. The van der Waals surface area contributed by atoms with Crippen LogP contribution in [0, 0.1) is 11.8 Å². The minimum atomic E-state index is -4.85. The molecular formula is C28H35F3N6O5S. The van der Waals surface area contributed by atoms with Crippen LogP contribution in [0.4, 0.5) is 29.7 Å². The number of sulfonamides is 1. The standard InChI is InChI=1S/C28H35F3N6O5S/c1-27(2,3)42-26(38)37-36-24-22-6-4-5-7-23(22)34-25(35-24)32-16-18-8-10-19(11-9-18)17-33-43(39,40)21-14-12-20(13-15-21)41-28(29,30)31/h4-7,12-15,18-19,33H,8-11,16-17H2,1-3H3,(H,37,38)(H2,32,34,35,36). The van der Waals surface area contributed by atoms with Gasteiger partial charge in [0.25, 0.3) is 0 Å². The van der Waals surface area contributed by atoms with Crippen LogP contribution in [0.2, 0.25) is 0 Å². The van der Waals surface area contributed by atoms with Crippen molar-refractivity contribution in [2.75, 3.05) is 23.8 Å². The molecule has 0 atom stereocenters. The van der Waals surface area contributed by atoms with E-state index < -0.39 is 33.8 Å². The highest BCUT2D eigenvalue weighted by Crippen LogP contribution is 2.30. The predicted octanol–water partition coefficient (Wildman–Crippen LogP) is 5.58. The molecule has 0 unspecified atom stereocenters. The lowest BCUT2D eigenvalue weighted by Gasteiger charge is -2.28. The summed E-state index contributed by atoms with van der Waals surface area (Å²) in [5.74, 6) is 0.773. The zero-order chi connectivity index (χ0) is 31.3. The predicted molar refractivity (Wildman–Crippen MR) is 155 cm³/mol. The second-order valence-electron chi connectivity index (χ2n) is 11.3. The van der Waals surface area contributed by atoms with Gasteiger partial charge in [0, 0.05) is 18.5 Å². The quantitative estimate of drug-likeness (QED) is 0.213. The van der Waals surface area contributed by atoms with Crippen LogP contribution in [0.15, 0.2) is 53.4 Å². The van der Waals surface area contributed by atoms with Crippen LogP contribution in [0.5, 0.6) is 5.75 Å². The van der Waals surface area contributed by atoms with Gasteiger partial charge in [0.1, 0.15) is 11.4 Å². The number of carbonyl (C=O) groups is 1. The van der Waals surface area contributed by atoms with Crippen molar-refractivity contribution in [3.63, 3.8) is 0 Å². The molecule has 1 fully saturated rings. The molecule has 0 saturated heterocycles. The van der Waals surface area contributed by atoms with E-state index in [1.54, 1.807) is 20.8 Å². The average Bonchev–Trinajstić information content (AvgIpc) is 2.93. The summed E-state index contributed by atoms with van der Waals surface area (Å²) < 4.78 is 73.9. The number of anilines is 2. The maximum atomic E-state index is 12.6. The van der Waals surface area contributed by atoms with Gasteiger partial charge in [-0.1, -0.05) is 12.1 Å². The largest absolute Gasteiger partial charge is 0.573 e. The Hall–Kier alpha value is -3.85. The monoisotopic (exact) mass is 624 g/mol. The molecule has 3 aromatic rings. The topological polar surface area (TPSA) is 144 Å².